The van der Waals surface area contributed by atoms with Gasteiger partial charge in [-0.3, -0.25) is 9.59 Å². The number of hydrogen-bond donors (Lipinski definition) is 2. The van der Waals surface area contributed by atoms with Crippen molar-refractivity contribution in [3.05, 3.63) is 34.6 Å². The van der Waals surface area contributed by atoms with E-state index in [2.05, 4.69) is 5.32 Å². The smallest absolute Gasteiger partial charge is 0.306 e. The lowest BCUT2D eigenvalue weighted by Crippen LogP contribution is -2.37. The average Bonchev–Trinajstić information content (AvgIpc) is 2.45. The van der Waals surface area contributed by atoms with Crippen LogP contribution in [-0.4, -0.2) is 23.5 Å². The number of amides is 1. The maximum absolute atomic E-state index is 13.6. The fourth-order valence-electron chi connectivity index (χ4n) is 2.80. The molecule has 0 radical (unpaired) electrons. The molecule has 2 N–H and O–H groups in total. The van der Waals surface area contributed by atoms with Crippen LogP contribution in [-0.2, 0) is 4.79 Å². The molecule has 0 heterocycles. The molecule has 114 valence electrons. The van der Waals surface area contributed by atoms with Gasteiger partial charge in [0.15, 0.2) is 0 Å². The van der Waals surface area contributed by atoms with Crippen LogP contribution in [0.25, 0.3) is 0 Å². The van der Waals surface area contributed by atoms with Crippen molar-refractivity contribution in [3.63, 3.8) is 0 Å². The average molecular weight is 314 g/mol. The van der Waals surface area contributed by atoms with Crippen LogP contribution in [0.3, 0.4) is 0 Å². The Hall–Kier alpha value is -1.62. The number of carboxylic acids is 1. The molecule has 2 atom stereocenters. The van der Waals surface area contributed by atoms with Gasteiger partial charge in [0.25, 0.3) is 5.91 Å². The SMILES string of the molecule is O=C(NC[C@@H]1CCCC[C@@H]1C(=O)O)c1c(F)cccc1Cl. The van der Waals surface area contributed by atoms with Crippen molar-refractivity contribution in [2.24, 2.45) is 11.8 Å². The Bertz CT molecular complexity index is 529. The highest BCUT2D eigenvalue weighted by molar-refractivity contribution is 6.33. The van der Waals surface area contributed by atoms with Crippen molar-refractivity contribution in [2.45, 2.75) is 25.7 Å². The molecule has 0 unspecified atom stereocenters. The van der Waals surface area contributed by atoms with E-state index in [1.807, 2.05) is 0 Å². The summed E-state index contributed by atoms with van der Waals surface area (Å²) in [4.78, 5) is 23.2. The van der Waals surface area contributed by atoms with Crippen molar-refractivity contribution >= 4 is 23.5 Å². The molecule has 1 aromatic carbocycles. The van der Waals surface area contributed by atoms with Gasteiger partial charge in [0, 0.05) is 6.54 Å². The van der Waals surface area contributed by atoms with Crippen LogP contribution in [0.1, 0.15) is 36.0 Å². The van der Waals surface area contributed by atoms with E-state index in [1.165, 1.54) is 18.2 Å². The number of carbonyl (C=O) groups is 2. The zero-order chi connectivity index (χ0) is 15.4. The minimum Gasteiger partial charge on any atom is -0.481 e. The van der Waals surface area contributed by atoms with Gasteiger partial charge in [0.1, 0.15) is 5.82 Å². The number of rotatable bonds is 4. The Balaban J connectivity index is 2.02. The van der Waals surface area contributed by atoms with Crippen LogP contribution in [0.5, 0.6) is 0 Å². The molecule has 0 bridgehead atoms. The van der Waals surface area contributed by atoms with Crippen LogP contribution in [0.2, 0.25) is 5.02 Å². The van der Waals surface area contributed by atoms with E-state index in [4.69, 9.17) is 11.6 Å². The van der Waals surface area contributed by atoms with Gasteiger partial charge in [0.2, 0.25) is 0 Å². The summed E-state index contributed by atoms with van der Waals surface area (Å²) in [5.74, 6) is -2.69. The van der Waals surface area contributed by atoms with Gasteiger partial charge < -0.3 is 10.4 Å². The van der Waals surface area contributed by atoms with Gasteiger partial charge in [-0.25, -0.2) is 4.39 Å². The molecule has 1 aromatic rings. The van der Waals surface area contributed by atoms with Gasteiger partial charge in [-0.1, -0.05) is 30.5 Å². The van der Waals surface area contributed by atoms with E-state index in [0.717, 1.165) is 19.3 Å². The van der Waals surface area contributed by atoms with Crippen LogP contribution in [0.15, 0.2) is 18.2 Å². The first-order valence-corrected chi connectivity index (χ1v) is 7.33. The molecule has 1 aliphatic rings. The van der Waals surface area contributed by atoms with Crippen LogP contribution in [0.4, 0.5) is 4.39 Å². The summed E-state index contributed by atoms with van der Waals surface area (Å²) in [5.41, 5.74) is -0.193. The summed E-state index contributed by atoms with van der Waals surface area (Å²) in [6, 6.07) is 4.04. The number of aliphatic carboxylic acids is 1. The zero-order valence-corrected chi connectivity index (χ0v) is 12.2. The van der Waals surface area contributed by atoms with E-state index in [0.29, 0.717) is 6.42 Å². The third-order valence-electron chi connectivity index (χ3n) is 3.94. The van der Waals surface area contributed by atoms with Crippen molar-refractivity contribution in [1.29, 1.82) is 0 Å². The molecule has 1 aliphatic carbocycles. The third-order valence-corrected chi connectivity index (χ3v) is 4.26. The molecule has 0 aliphatic heterocycles. The van der Waals surface area contributed by atoms with Gasteiger partial charge >= 0.3 is 5.97 Å². The fourth-order valence-corrected chi connectivity index (χ4v) is 3.05. The second-order valence-corrected chi connectivity index (χ2v) is 5.70. The van der Waals surface area contributed by atoms with Gasteiger partial charge in [-0.05, 0) is 30.9 Å². The molecule has 4 nitrogen and oxygen atoms in total. The molecule has 0 saturated heterocycles. The van der Waals surface area contributed by atoms with Crippen LogP contribution in [0, 0.1) is 17.7 Å². The number of nitrogens with one attached hydrogen (secondary N) is 1. The molecule has 0 spiro atoms. The summed E-state index contributed by atoms with van der Waals surface area (Å²) in [5, 5.41) is 11.8. The second-order valence-electron chi connectivity index (χ2n) is 5.30. The Kier molecular flexibility index (Phi) is 5.17. The van der Waals surface area contributed by atoms with Crippen molar-refractivity contribution < 1.29 is 19.1 Å². The van der Waals surface area contributed by atoms with Gasteiger partial charge in [0.05, 0.1) is 16.5 Å². The lowest BCUT2D eigenvalue weighted by Gasteiger charge is -2.28. The monoisotopic (exact) mass is 313 g/mol. The first kappa shape index (κ1) is 15.8. The van der Waals surface area contributed by atoms with Crippen molar-refractivity contribution in [3.8, 4) is 0 Å². The number of halogens is 2. The number of carbonyl (C=O) groups excluding carboxylic acids is 1. The minimum atomic E-state index is -0.835. The number of carboxylic acid groups (broad SMARTS) is 1. The van der Waals surface area contributed by atoms with E-state index >= 15 is 0 Å². The summed E-state index contributed by atoms with van der Waals surface area (Å²) in [6.45, 7) is 0.223. The van der Waals surface area contributed by atoms with E-state index in [9.17, 15) is 19.1 Å². The fraction of sp³-hybridized carbons (Fsp3) is 0.467. The highest BCUT2D eigenvalue weighted by atomic mass is 35.5. The van der Waals surface area contributed by atoms with Crippen molar-refractivity contribution in [1.82, 2.24) is 5.32 Å². The molecule has 21 heavy (non-hydrogen) atoms. The summed E-state index contributed by atoms with van der Waals surface area (Å²) in [6.07, 6.45) is 3.21. The summed E-state index contributed by atoms with van der Waals surface area (Å²) < 4.78 is 13.6. The molecule has 0 aromatic heterocycles. The minimum absolute atomic E-state index is 0.0472. The predicted octanol–water partition coefficient (Wildman–Crippen LogP) is 3.10. The topological polar surface area (TPSA) is 66.4 Å². The Morgan fingerprint density at radius 1 is 1.33 bits per heavy atom. The molecular formula is C15H17ClFNO3. The standard InChI is InChI=1S/C15H17ClFNO3/c16-11-6-3-7-12(17)13(11)14(19)18-8-9-4-1-2-5-10(9)15(20)21/h3,6-7,9-10H,1-2,4-5,8H2,(H,18,19)(H,20,21)/t9-,10-/m0/s1. The van der Waals surface area contributed by atoms with E-state index in [-0.39, 0.29) is 23.0 Å². The van der Waals surface area contributed by atoms with Gasteiger partial charge in [-0.15, -0.1) is 0 Å². The Morgan fingerprint density at radius 3 is 2.71 bits per heavy atom. The normalized spacial score (nSPS) is 21.8. The van der Waals surface area contributed by atoms with E-state index < -0.39 is 23.6 Å². The first-order chi connectivity index (χ1) is 10.0. The highest BCUT2D eigenvalue weighted by Crippen LogP contribution is 2.30. The van der Waals surface area contributed by atoms with Crippen LogP contribution < -0.4 is 5.32 Å². The molecule has 1 saturated carbocycles. The quantitative estimate of drug-likeness (QED) is 0.897. The van der Waals surface area contributed by atoms with Crippen LogP contribution >= 0.6 is 11.6 Å². The summed E-state index contributed by atoms with van der Waals surface area (Å²) in [7, 11) is 0. The number of benzene rings is 1. The maximum Gasteiger partial charge on any atom is 0.306 e. The largest absolute Gasteiger partial charge is 0.481 e. The lowest BCUT2D eigenvalue weighted by atomic mass is 9.79. The number of hydrogen-bond acceptors (Lipinski definition) is 2. The van der Waals surface area contributed by atoms with Crippen molar-refractivity contribution in [2.75, 3.05) is 6.54 Å². The van der Waals surface area contributed by atoms with E-state index in [1.54, 1.807) is 0 Å². The predicted molar refractivity (Wildman–Crippen MR) is 76.8 cm³/mol. The lowest BCUT2D eigenvalue weighted by molar-refractivity contribution is -0.144. The second kappa shape index (κ2) is 6.89. The highest BCUT2D eigenvalue weighted by Gasteiger charge is 2.31. The third kappa shape index (κ3) is 3.73. The first-order valence-electron chi connectivity index (χ1n) is 6.95. The zero-order valence-electron chi connectivity index (χ0n) is 11.4. The Labute approximate surface area is 127 Å². The molecular weight excluding hydrogens is 297 g/mol. The van der Waals surface area contributed by atoms with Gasteiger partial charge in [-0.2, -0.15) is 0 Å². The summed E-state index contributed by atoms with van der Waals surface area (Å²) >= 11 is 5.83. The molecule has 1 fully saturated rings. The molecule has 1 amide bonds. The molecule has 6 heteroatoms. The molecule has 2 rings (SSSR count). The maximum atomic E-state index is 13.6. The Morgan fingerprint density at radius 2 is 2.05 bits per heavy atom.